The van der Waals surface area contributed by atoms with Gasteiger partial charge in [0.1, 0.15) is 0 Å². The zero-order valence-electron chi connectivity index (χ0n) is 11.5. The van der Waals surface area contributed by atoms with E-state index in [9.17, 15) is 0 Å². The van der Waals surface area contributed by atoms with E-state index < -0.39 is 0 Å². The molecule has 4 nitrogen and oxygen atoms in total. The normalized spacial score (nSPS) is 40.5. The Morgan fingerprint density at radius 1 is 1.28 bits per heavy atom. The lowest BCUT2D eigenvalue weighted by Crippen LogP contribution is -2.60. The summed E-state index contributed by atoms with van der Waals surface area (Å²) < 4.78 is 5.56. The maximum absolute atomic E-state index is 5.56. The number of rotatable bonds is 2. The lowest BCUT2D eigenvalue weighted by molar-refractivity contribution is -0.0427. The Balaban J connectivity index is 1.31. The number of likely N-dealkylation sites (N-methyl/N-ethyl adjacent to an activating group) is 1. The molecule has 4 rings (SSSR count). The van der Waals surface area contributed by atoms with Crippen molar-refractivity contribution in [2.24, 2.45) is 11.3 Å². The van der Waals surface area contributed by atoms with Gasteiger partial charge in [0.2, 0.25) is 0 Å². The average Bonchev–Trinajstić information content (AvgIpc) is 2.95. The van der Waals surface area contributed by atoms with Gasteiger partial charge < -0.3 is 9.64 Å². The van der Waals surface area contributed by atoms with Gasteiger partial charge in [0.05, 0.1) is 13.3 Å². The maximum Gasteiger partial charge on any atom is 0.0547 e. The van der Waals surface area contributed by atoms with Crippen LogP contribution in [0.4, 0.5) is 0 Å². The molecule has 2 unspecified atom stereocenters. The van der Waals surface area contributed by atoms with Crippen LogP contribution in [0.25, 0.3) is 0 Å². The Kier molecular flexibility index (Phi) is 2.70. The molecule has 0 radical (unpaired) electrons. The van der Waals surface area contributed by atoms with Gasteiger partial charge >= 0.3 is 0 Å². The summed E-state index contributed by atoms with van der Waals surface area (Å²) in [6.45, 7) is 9.68. The van der Waals surface area contributed by atoms with Crippen LogP contribution >= 0.6 is 0 Å². The number of likely N-dealkylation sites (tertiary alicyclic amines) is 3. The molecule has 4 saturated heterocycles. The van der Waals surface area contributed by atoms with E-state index in [0.717, 1.165) is 25.2 Å². The van der Waals surface area contributed by atoms with Crippen molar-refractivity contribution in [2.75, 3.05) is 59.7 Å². The van der Waals surface area contributed by atoms with Gasteiger partial charge in [-0.05, 0) is 25.8 Å². The van der Waals surface area contributed by atoms with E-state index in [-0.39, 0.29) is 0 Å². The van der Waals surface area contributed by atoms with Crippen LogP contribution < -0.4 is 0 Å². The number of hydrogen-bond donors (Lipinski definition) is 0. The minimum Gasteiger partial charge on any atom is -0.381 e. The van der Waals surface area contributed by atoms with Crippen molar-refractivity contribution in [1.29, 1.82) is 0 Å². The smallest absolute Gasteiger partial charge is 0.0547 e. The number of ether oxygens (including phenoxy) is 1. The highest BCUT2D eigenvalue weighted by Gasteiger charge is 2.47. The lowest BCUT2D eigenvalue weighted by Gasteiger charge is -2.49. The zero-order chi connectivity index (χ0) is 12.2. The zero-order valence-corrected chi connectivity index (χ0v) is 11.5. The summed E-state index contributed by atoms with van der Waals surface area (Å²) in [5.41, 5.74) is 0.547. The molecule has 102 valence electrons. The molecular formula is C14H25N3O. The van der Waals surface area contributed by atoms with E-state index in [1.807, 2.05) is 0 Å². The molecule has 0 bridgehead atoms. The van der Waals surface area contributed by atoms with E-state index in [1.54, 1.807) is 0 Å². The van der Waals surface area contributed by atoms with Crippen LogP contribution in [0.5, 0.6) is 0 Å². The molecule has 4 fully saturated rings. The minimum atomic E-state index is 0.547. The first-order valence-electron chi connectivity index (χ1n) is 7.47. The summed E-state index contributed by atoms with van der Waals surface area (Å²) in [6.07, 6.45) is 2.70. The third-order valence-corrected chi connectivity index (χ3v) is 5.53. The Bertz CT molecular complexity index is 321. The first-order chi connectivity index (χ1) is 8.74. The van der Waals surface area contributed by atoms with Gasteiger partial charge in [-0.3, -0.25) is 9.80 Å². The molecule has 4 aliphatic rings. The van der Waals surface area contributed by atoms with Crippen LogP contribution in [0, 0.1) is 11.3 Å². The summed E-state index contributed by atoms with van der Waals surface area (Å²) in [4.78, 5) is 7.87. The third kappa shape index (κ3) is 1.82. The fourth-order valence-electron chi connectivity index (χ4n) is 4.59. The van der Waals surface area contributed by atoms with Crippen molar-refractivity contribution in [3.63, 3.8) is 0 Å². The first-order valence-corrected chi connectivity index (χ1v) is 7.47. The van der Waals surface area contributed by atoms with E-state index in [1.165, 1.54) is 52.2 Å². The van der Waals surface area contributed by atoms with Gasteiger partial charge in [-0.15, -0.1) is 0 Å². The van der Waals surface area contributed by atoms with E-state index in [2.05, 4.69) is 21.7 Å². The number of fused-ring (bicyclic) bond motifs is 1. The summed E-state index contributed by atoms with van der Waals surface area (Å²) in [5, 5.41) is 0. The standard InChI is InChI=1S/C14H25N3O/c1-15-6-12-2-4-17(13(12)7-15)11-16-8-14(9-16)3-5-18-10-14/h12-13H,2-11H2,1H3. The first kappa shape index (κ1) is 11.6. The molecule has 0 aromatic carbocycles. The van der Waals surface area contributed by atoms with Crippen LogP contribution in [0.2, 0.25) is 0 Å². The van der Waals surface area contributed by atoms with E-state index in [4.69, 9.17) is 4.74 Å². The van der Waals surface area contributed by atoms with Crippen molar-refractivity contribution < 1.29 is 4.74 Å². The highest BCUT2D eigenvalue weighted by atomic mass is 16.5. The fourth-order valence-corrected chi connectivity index (χ4v) is 4.59. The molecule has 0 aromatic heterocycles. The predicted octanol–water partition coefficient (Wildman–Crippen LogP) is 0.302. The molecule has 4 heterocycles. The van der Waals surface area contributed by atoms with Gasteiger partial charge in [-0.2, -0.15) is 0 Å². The van der Waals surface area contributed by atoms with E-state index in [0.29, 0.717) is 5.41 Å². The molecule has 0 N–H and O–H groups in total. The van der Waals surface area contributed by atoms with Crippen molar-refractivity contribution >= 4 is 0 Å². The summed E-state index contributed by atoms with van der Waals surface area (Å²) in [7, 11) is 2.27. The maximum atomic E-state index is 5.56. The minimum absolute atomic E-state index is 0.547. The summed E-state index contributed by atoms with van der Waals surface area (Å²) in [5.74, 6) is 0.944. The van der Waals surface area contributed by atoms with Crippen LogP contribution in [-0.2, 0) is 4.74 Å². The molecule has 18 heavy (non-hydrogen) atoms. The second-order valence-electron chi connectivity index (χ2n) is 7.08. The second kappa shape index (κ2) is 4.17. The number of hydrogen-bond acceptors (Lipinski definition) is 4. The fraction of sp³-hybridized carbons (Fsp3) is 1.00. The molecule has 1 spiro atoms. The highest BCUT2D eigenvalue weighted by Crippen LogP contribution is 2.39. The summed E-state index contributed by atoms with van der Waals surface area (Å²) in [6, 6.07) is 0.839. The molecule has 0 amide bonds. The summed E-state index contributed by atoms with van der Waals surface area (Å²) >= 11 is 0. The molecule has 2 atom stereocenters. The Hall–Kier alpha value is -0.160. The highest BCUT2D eigenvalue weighted by molar-refractivity contribution is 5.00. The molecule has 0 aliphatic carbocycles. The Morgan fingerprint density at radius 2 is 2.17 bits per heavy atom. The van der Waals surface area contributed by atoms with Gasteiger partial charge in [0, 0.05) is 50.8 Å². The van der Waals surface area contributed by atoms with Gasteiger partial charge in [-0.25, -0.2) is 0 Å². The third-order valence-electron chi connectivity index (χ3n) is 5.53. The second-order valence-corrected chi connectivity index (χ2v) is 7.08. The molecule has 4 aliphatic heterocycles. The molecular weight excluding hydrogens is 226 g/mol. The van der Waals surface area contributed by atoms with Crippen molar-refractivity contribution in [3.05, 3.63) is 0 Å². The topological polar surface area (TPSA) is 19.0 Å². The predicted molar refractivity (Wildman–Crippen MR) is 70.4 cm³/mol. The Labute approximate surface area is 110 Å². The van der Waals surface area contributed by atoms with E-state index >= 15 is 0 Å². The number of nitrogens with zero attached hydrogens (tertiary/aromatic N) is 3. The van der Waals surface area contributed by atoms with Crippen molar-refractivity contribution in [2.45, 2.75) is 18.9 Å². The van der Waals surface area contributed by atoms with Crippen LogP contribution in [0.1, 0.15) is 12.8 Å². The van der Waals surface area contributed by atoms with Crippen molar-refractivity contribution in [1.82, 2.24) is 14.7 Å². The van der Waals surface area contributed by atoms with Gasteiger partial charge in [0.25, 0.3) is 0 Å². The quantitative estimate of drug-likeness (QED) is 0.703. The lowest BCUT2D eigenvalue weighted by atomic mass is 9.79. The van der Waals surface area contributed by atoms with Crippen molar-refractivity contribution in [3.8, 4) is 0 Å². The molecule has 0 aromatic rings. The average molecular weight is 251 g/mol. The molecule has 0 saturated carbocycles. The van der Waals surface area contributed by atoms with Crippen LogP contribution in [0.3, 0.4) is 0 Å². The van der Waals surface area contributed by atoms with Crippen LogP contribution in [0.15, 0.2) is 0 Å². The van der Waals surface area contributed by atoms with Gasteiger partial charge in [-0.1, -0.05) is 0 Å². The molecule has 4 heteroatoms. The Morgan fingerprint density at radius 3 is 2.94 bits per heavy atom. The SMILES string of the molecule is CN1CC2CCN(CN3CC4(CCOC4)C3)C2C1. The van der Waals surface area contributed by atoms with Gasteiger partial charge in [0.15, 0.2) is 0 Å². The largest absolute Gasteiger partial charge is 0.381 e. The monoisotopic (exact) mass is 251 g/mol. The van der Waals surface area contributed by atoms with Crippen LogP contribution in [-0.4, -0.2) is 80.4 Å².